The Morgan fingerprint density at radius 2 is 2.15 bits per heavy atom. The number of hydrogen-bond donors (Lipinski definition) is 0. The van der Waals surface area contributed by atoms with Crippen molar-refractivity contribution in [1.82, 2.24) is 0 Å². The van der Waals surface area contributed by atoms with Gasteiger partial charge in [-0.25, -0.2) is 0 Å². The molecule has 2 unspecified atom stereocenters. The van der Waals surface area contributed by atoms with Crippen molar-refractivity contribution in [3.63, 3.8) is 0 Å². The summed E-state index contributed by atoms with van der Waals surface area (Å²) in [5.41, 5.74) is 3.13. The molecule has 0 bridgehead atoms. The average molecular weight is 268 g/mol. The summed E-state index contributed by atoms with van der Waals surface area (Å²) in [5.74, 6) is 2.46. The zero-order chi connectivity index (χ0) is 13.6. The first-order chi connectivity index (χ1) is 9.85. The van der Waals surface area contributed by atoms with Crippen LogP contribution in [0.1, 0.15) is 63.4 Å². The number of unbranched alkanes of at least 4 members (excludes halogenated alkanes) is 1. The second kappa shape index (κ2) is 4.65. The Labute approximate surface area is 122 Å². The van der Waals surface area contributed by atoms with Gasteiger partial charge in [-0.15, -0.1) is 0 Å². The lowest BCUT2D eigenvalue weighted by Crippen LogP contribution is -2.40. The second-order valence-electron chi connectivity index (χ2n) is 6.71. The average Bonchev–Trinajstić information content (AvgIpc) is 2.95. The maximum Gasteiger partial charge on any atom is 0.138 e. The van der Waals surface area contributed by atoms with Crippen molar-refractivity contribution >= 4 is 0 Å². The Morgan fingerprint density at radius 3 is 3.05 bits per heavy atom. The first-order valence-corrected chi connectivity index (χ1v) is 8.34. The lowest BCUT2D eigenvalue weighted by molar-refractivity contribution is 0.0783. The predicted octanol–water partition coefficient (Wildman–Crippen LogP) is 5.22. The van der Waals surface area contributed by atoms with E-state index in [2.05, 4.69) is 37.3 Å². The van der Waals surface area contributed by atoms with Gasteiger partial charge in [-0.3, -0.25) is 0 Å². The molecule has 1 saturated carbocycles. The van der Waals surface area contributed by atoms with Crippen molar-refractivity contribution in [1.29, 1.82) is 0 Å². The Hall–Kier alpha value is -1.24. The largest absolute Gasteiger partial charge is 0.482 e. The summed E-state index contributed by atoms with van der Waals surface area (Å²) in [6, 6.07) is 8.77. The van der Waals surface area contributed by atoms with Crippen molar-refractivity contribution in [3.8, 4) is 5.75 Å². The molecule has 0 aromatic heterocycles. The van der Waals surface area contributed by atoms with Gasteiger partial charge >= 0.3 is 0 Å². The minimum absolute atomic E-state index is 0.0420. The van der Waals surface area contributed by atoms with Gasteiger partial charge in [0.15, 0.2) is 0 Å². The van der Waals surface area contributed by atoms with Crippen LogP contribution in [0.4, 0.5) is 0 Å². The number of rotatable bonds is 3. The molecule has 1 fully saturated rings. The molecule has 1 aromatic carbocycles. The van der Waals surface area contributed by atoms with Gasteiger partial charge in [0.05, 0.1) is 0 Å². The lowest BCUT2D eigenvalue weighted by Gasteiger charge is -2.37. The number of allylic oxidation sites excluding steroid dienone is 1. The highest BCUT2D eigenvalue weighted by molar-refractivity contribution is 5.51. The molecule has 1 aromatic rings. The SMILES string of the molecule is CCCCC1C=C2CCCC[C@@]23Oc2ccccc2C13. The van der Waals surface area contributed by atoms with Crippen LogP contribution in [-0.4, -0.2) is 5.60 Å². The third kappa shape index (κ3) is 1.62. The fourth-order valence-corrected chi connectivity index (χ4v) is 4.73. The fraction of sp³-hybridized carbons (Fsp3) is 0.579. The van der Waals surface area contributed by atoms with Crippen LogP contribution in [0.3, 0.4) is 0 Å². The summed E-state index contributed by atoms with van der Waals surface area (Å²) in [6.45, 7) is 2.30. The van der Waals surface area contributed by atoms with Crippen LogP contribution < -0.4 is 4.74 Å². The third-order valence-corrected chi connectivity index (χ3v) is 5.57. The molecule has 20 heavy (non-hydrogen) atoms. The van der Waals surface area contributed by atoms with Crippen LogP contribution >= 0.6 is 0 Å². The molecule has 1 aliphatic heterocycles. The highest BCUT2D eigenvalue weighted by Gasteiger charge is 2.57. The maximum absolute atomic E-state index is 6.56. The summed E-state index contributed by atoms with van der Waals surface area (Å²) in [6.07, 6.45) is 11.7. The van der Waals surface area contributed by atoms with E-state index < -0.39 is 0 Å². The van der Waals surface area contributed by atoms with Crippen LogP contribution in [0.15, 0.2) is 35.9 Å². The molecular formula is C19H24O. The Morgan fingerprint density at radius 1 is 1.25 bits per heavy atom. The van der Waals surface area contributed by atoms with E-state index in [-0.39, 0.29) is 5.60 Å². The van der Waals surface area contributed by atoms with Crippen LogP contribution in [0, 0.1) is 5.92 Å². The molecule has 4 rings (SSSR count). The quantitative estimate of drug-likeness (QED) is 0.683. The molecule has 2 aliphatic carbocycles. The molecule has 1 heteroatoms. The van der Waals surface area contributed by atoms with E-state index in [0.717, 1.165) is 5.75 Å². The number of ether oxygens (including phenoxy) is 1. The van der Waals surface area contributed by atoms with Gasteiger partial charge in [0.2, 0.25) is 0 Å². The Kier molecular flexibility index (Phi) is 2.90. The van der Waals surface area contributed by atoms with Crippen LogP contribution in [0.2, 0.25) is 0 Å². The molecule has 0 radical (unpaired) electrons. The lowest BCUT2D eigenvalue weighted by atomic mass is 9.72. The zero-order valence-electron chi connectivity index (χ0n) is 12.4. The molecule has 1 heterocycles. The van der Waals surface area contributed by atoms with Crippen molar-refractivity contribution in [2.75, 3.05) is 0 Å². The molecule has 106 valence electrons. The first kappa shape index (κ1) is 12.5. The van der Waals surface area contributed by atoms with Crippen molar-refractivity contribution in [2.45, 2.75) is 63.4 Å². The van der Waals surface area contributed by atoms with E-state index in [9.17, 15) is 0 Å². The number of benzene rings is 1. The molecule has 1 spiro atoms. The van der Waals surface area contributed by atoms with Gasteiger partial charge < -0.3 is 4.74 Å². The molecule has 1 nitrogen and oxygen atoms in total. The van der Waals surface area contributed by atoms with E-state index in [1.165, 1.54) is 50.5 Å². The maximum atomic E-state index is 6.56. The molecule has 0 saturated heterocycles. The van der Waals surface area contributed by atoms with Gasteiger partial charge in [-0.1, -0.05) is 44.0 Å². The zero-order valence-corrected chi connectivity index (χ0v) is 12.4. The van der Waals surface area contributed by atoms with Crippen LogP contribution in [0.25, 0.3) is 0 Å². The summed E-state index contributed by atoms with van der Waals surface area (Å²) in [4.78, 5) is 0. The van der Waals surface area contributed by atoms with Crippen molar-refractivity contribution < 1.29 is 4.74 Å². The summed E-state index contributed by atoms with van der Waals surface area (Å²) in [5, 5.41) is 0. The van der Waals surface area contributed by atoms with E-state index in [4.69, 9.17) is 4.74 Å². The highest BCUT2D eigenvalue weighted by atomic mass is 16.5. The third-order valence-electron chi connectivity index (χ3n) is 5.57. The van der Waals surface area contributed by atoms with Crippen LogP contribution in [0.5, 0.6) is 5.75 Å². The van der Waals surface area contributed by atoms with E-state index >= 15 is 0 Å². The monoisotopic (exact) mass is 268 g/mol. The molecule has 0 N–H and O–H groups in total. The molecule has 3 atom stereocenters. The first-order valence-electron chi connectivity index (χ1n) is 8.34. The standard InChI is InChI=1S/C19H24O/c1-2-3-8-14-13-15-9-6-7-12-19(15)18(14)16-10-4-5-11-17(16)20-19/h4-5,10-11,13-14,18H,2-3,6-9,12H2,1H3/t14?,18?,19-/m1/s1. The second-order valence-corrected chi connectivity index (χ2v) is 6.71. The highest BCUT2D eigenvalue weighted by Crippen LogP contribution is 2.61. The van der Waals surface area contributed by atoms with Crippen LogP contribution in [-0.2, 0) is 0 Å². The van der Waals surface area contributed by atoms with Gasteiger partial charge in [-0.2, -0.15) is 0 Å². The van der Waals surface area contributed by atoms with Gasteiger partial charge in [0.25, 0.3) is 0 Å². The smallest absolute Gasteiger partial charge is 0.138 e. The van der Waals surface area contributed by atoms with Crippen molar-refractivity contribution in [3.05, 3.63) is 41.5 Å². The Bertz CT molecular complexity index is 544. The number of hydrogen-bond acceptors (Lipinski definition) is 1. The normalized spacial score (nSPS) is 34.0. The summed E-state index contributed by atoms with van der Waals surface area (Å²) in [7, 11) is 0. The van der Waals surface area contributed by atoms with Gasteiger partial charge in [0.1, 0.15) is 11.4 Å². The summed E-state index contributed by atoms with van der Waals surface area (Å²) >= 11 is 0. The minimum Gasteiger partial charge on any atom is -0.482 e. The van der Waals surface area contributed by atoms with Gasteiger partial charge in [-0.05, 0) is 49.7 Å². The minimum atomic E-state index is 0.0420. The summed E-state index contributed by atoms with van der Waals surface area (Å²) < 4.78 is 6.56. The van der Waals surface area contributed by atoms with E-state index in [1.54, 1.807) is 5.57 Å². The van der Waals surface area contributed by atoms with E-state index in [0.29, 0.717) is 11.8 Å². The molecule has 3 aliphatic rings. The number of fused-ring (bicyclic) bond motifs is 2. The van der Waals surface area contributed by atoms with Crippen molar-refractivity contribution in [2.24, 2.45) is 5.92 Å². The Balaban J connectivity index is 1.76. The molecular weight excluding hydrogens is 244 g/mol. The number of para-hydroxylation sites is 1. The van der Waals surface area contributed by atoms with E-state index in [1.807, 2.05) is 0 Å². The predicted molar refractivity (Wildman–Crippen MR) is 82.1 cm³/mol. The fourth-order valence-electron chi connectivity index (χ4n) is 4.73. The molecule has 0 amide bonds. The van der Waals surface area contributed by atoms with Gasteiger partial charge in [0, 0.05) is 11.5 Å². The topological polar surface area (TPSA) is 9.23 Å².